The molecule has 10 heterocycles. The third-order valence-corrected chi connectivity index (χ3v) is 14.5. The van der Waals surface area contributed by atoms with Crippen LogP contribution in [-0.2, 0) is 32.7 Å². The number of nitrogens with one attached hydrogen (secondary N) is 3. The molecule has 29 heteroatoms. The molecule has 0 spiro atoms. The molecule has 4 saturated heterocycles. The van der Waals surface area contributed by atoms with Gasteiger partial charge in [0.1, 0.15) is 48.0 Å². The van der Waals surface area contributed by atoms with Crippen molar-refractivity contribution in [3.8, 4) is 6.07 Å². The van der Waals surface area contributed by atoms with Crippen LogP contribution in [0.2, 0.25) is 0 Å². The van der Waals surface area contributed by atoms with Crippen molar-refractivity contribution >= 4 is 41.9 Å². The number of nitriles is 1. The van der Waals surface area contributed by atoms with Gasteiger partial charge in [0.15, 0.2) is 66.7 Å². The summed E-state index contributed by atoms with van der Waals surface area (Å²) in [5.74, 6) is 1.25. The Morgan fingerprint density at radius 3 is 1.73 bits per heavy atom. The molecular formula is C48H57F3N13O12P. The Bertz CT molecular complexity index is 3370. The number of hydrogen-bond donors (Lipinski definition) is 5. The zero-order valence-electron chi connectivity index (χ0n) is 42.3. The van der Waals surface area contributed by atoms with E-state index in [1.807, 2.05) is 43.3 Å². The lowest BCUT2D eigenvalue weighted by Crippen LogP contribution is -2.54. The van der Waals surface area contributed by atoms with Crippen molar-refractivity contribution in [2.24, 2.45) is 0 Å². The second-order valence-corrected chi connectivity index (χ2v) is 19.9. The van der Waals surface area contributed by atoms with Gasteiger partial charge in [0, 0.05) is 12.2 Å². The number of fused-ring (bicyclic) bond motifs is 4. The fourth-order valence-electron chi connectivity index (χ4n) is 9.56. The van der Waals surface area contributed by atoms with E-state index in [1.165, 1.54) is 23.5 Å². The summed E-state index contributed by atoms with van der Waals surface area (Å²) in [6.07, 6.45) is -5.02. The maximum Gasteiger partial charge on any atom is 0.279 e. The standard InChI is InChI=1S/C19H19FN4O4.C17H23FN5O4P.C12H15FN4O4/c1-10-22-17-15(18(25)23-10)21-9-24(17)12-7-26-13-8-27-19(28-16(13)14(12)20)11-5-3-2-4-6-11;1-4-12-15(27-28(3)26-7-5-6-19)13(18)11(8-25-12)23-9-20-14-16(23)21-10(2)22-17(14)24;1-5-15-11-9(12(20)16-5)14-4-17(11)6-3-21-7(2-18)10(19)8(6)13/h2-6,9,12-14,16,19H,7-8H2,1H3,(H,22,23,25);9,11-13,15H,4-5,7-8H2,1-3H3,(H,21,22,24);4,6-8,10,18-19H,2-3H2,1H3,(H,15,16,20). The van der Waals surface area contributed by atoms with Crippen LogP contribution in [0.5, 0.6) is 0 Å². The van der Waals surface area contributed by atoms with Crippen molar-refractivity contribution in [3.63, 3.8) is 0 Å². The summed E-state index contributed by atoms with van der Waals surface area (Å²) in [5.41, 5.74) is 1.03. The highest BCUT2D eigenvalue weighted by molar-refractivity contribution is 7.46. The lowest BCUT2D eigenvalue weighted by molar-refractivity contribution is -0.298. The molecule has 5 N–H and O–H groups in total. The topological polar surface area (TPSA) is 320 Å². The van der Waals surface area contributed by atoms with E-state index < -0.39 is 100 Å². The van der Waals surface area contributed by atoms with Gasteiger partial charge in [-0.1, -0.05) is 37.3 Å². The highest BCUT2D eigenvalue weighted by atomic mass is 31.2. The maximum absolute atomic E-state index is 15.5. The molecule has 7 aromatic rings. The highest BCUT2D eigenvalue weighted by Crippen LogP contribution is 2.42. The van der Waals surface area contributed by atoms with Crippen molar-refractivity contribution in [3.05, 3.63) is 103 Å². The summed E-state index contributed by atoms with van der Waals surface area (Å²) in [6.45, 7) is 8.78. The first-order chi connectivity index (χ1) is 37.1. The van der Waals surface area contributed by atoms with Crippen LogP contribution in [0, 0.1) is 32.1 Å². The van der Waals surface area contributed by atoms with E-state index in [0.717, 1.165) is 5.56 Å². The molecule has 11 rings (SSSR count). The van der Waals surface area contributed by atoms with Crippen molar-refractivity contribution in [2.75, 3.05) is 46.3 Å². The van der Waals surface area contributed by atoms with Gasteiger partial charge in [-0.2, -0.15) is 5.26 Å². The lowest BCUT2D eigenvalue weighted by Gasteiger charge is -2.44. The molecule has 4 aliphatic rings. The fraction of sp³-hybridized carbons (Fsp3) is 0.542. The molecule has 77 heavy (non-hydrogen) atoms. The number of nitrogens with zero attached hydrogens (tertiary/aromatic N) is 10. The lowest BCUT2D eigenvalue weighted by atomic mass is 9.97. The molecule has 4 aliphatic heterocycles. The first-order valence-corrected chi connectivity index (χ1v) is 26.3. The smallest absolute Gasteiger partial charge is 0.279 e. The molecule has 6 aromatic heterocycles. The number of alkyl halides is 3. The fourth-order valence-corrected chi connectivity index (χ4v) is 10.6. The third-order valence-electron chi connectivity index (χ3n) is 13.4. The molecule has 14 atom stereocenters. The van der Waals surface area contributed by atoms with Crippen LogP contribution in [0.25, 0.3) is 33.5 Å². The number of ether oxygens (including phenoxy) is 5. The number of halogens is 3. The predicted octanol–water partition coefficient (Wildman–Crippen LogP) is 3.25. The van der Waals surface area contributed by atoms with Gasteiger partial charge in [0.25, 0.3) is 16.7 Å². The number of aryl methyl sites for hydroxylation is 3. The number of aromatic amines is 3. The molecule has 0 radical (unpaired) electrons. The predicted molar refractivity (Wildman–Crippen MR) is 267 cm³/mol. The van der Waals surface area contributed by atoms with E-state index in [1.54, 1.807) is 36.6 Å². The number of imidazole rings is 3. The van der Waals surface area contributed by atoms with E-state index in [4.69, 9.17) is 43.1 Å². The number of aromatic nitrogens is 12. The summed E-state index contributed by atoms with van der Waals surface area (Å²) in [7, 11) is -1.36. The van der Waals surface area contributed by atoms with Crippen LogP contribution in [0.15, 0.2) is 63.7 Å². The molecule has 14 unspecified atom stereocenters. The largest absolute Gasteiger partial charge is 0.394 e. The van der Waals surface area contributed by atoms with E-state index in [9.17, 15) is 23.9 Å². The van der Waals surface area contributed by atoms with Gasteiger partial charge in [-0.3, -0.25) is 14.4 Å². The minimum atomic E-state index is -1.66. The molecule has 25 nitrogen and oxygen atoms in total. The Balaban J connectivity index is 0.000000142. The number of aliphatic hydroxyl groups is 2. The molecule has 0 amide bonds. The summed E-state index contributed by atoms with van der Waals surface area (Å²) in [5, 5.41) is 27.4. The Hall–Kier alpha value is -6.38. The number of hydrogen-bond acceptors (Lipinski definition) is 19. The van der Waals surface area contributed by atoms with Gasteiger partial charge in [-0.05, 0) is 27.2 Å². The monoisotopic (exact) mass is 1100 g/mol. The molecule has 0 saturated carbocycles. The van der Waals surface area contributed by atoms with Gasteiger partial charge in [-0.15, -0.1) is 0 Å². The van der Waals surface area contributed by atoms with Crippen LogP contribution >= 0.6 is 8.38 Å². The molecule has 0 aliphatic carbocycles. The molecule has 1 aromatic carbocycles. The molecular weight excluding hydrogens is 1040 g/mol. The van der Waals surface area contributed by atoms with Crippen LogP contribution < -0.4 is 16.7 Å². The molecule has 412 valence electrons. The van der Waals surface area contributed by atoms with Gasteiger partial charge >= 0.3 is 0 Å². The van der Waals surface area contributed by atoms with Crippen molar-refractivity contribution in [1.82, 2.24) is 58.6 Å². The van der Waals surface area contributed by atoms with Gasteiger partial charge in [-0.25, -0.2) is 43.1 Å². The minimum Gasteiger partial charge on any atom is -0.394 e. The number of rotatable bonds is 11. The SMILES string of the molecule is CCC1OCC(n2cnc3c(=O)[nH]c(C)nc32)C(F)C1OP(C)OCCC#N.Cc1nc2c(ncn2C2COC(CO)C(O)C2F)c(=O)[nH]1.Cc1nc2c(ncn2C2COC3COC(c4ccccc4)OC3C2F)c(=O)[nH]1. The first kappa shape index (κ1) is 55.4. The van der Waals surface area contributed by atoms with Gasteiger partial charge in [0.05, 0.1) is 95.3 Å². The van der Waals surface area contributed by atoms with Crippen molar-refractivity contribution < 1.29 is 56.1 Å². The Kier molecular flexibility index (Phi) is 17.3. The van der Waals surface area contributed by atoms with E-state index >= 15 is 8.78 Å². The first-order valence-electron chi connectivity index (χ1n) is 24.7. The van der Waals surface area contributed by atoms with E-state index in [-0.39, 0.29) is 72.8 Å². The minimum absolute atomic E-state index is 0.0531. The van der Waals surface area contributed by atoms with Crippen LogP contribution in [0.4, 0.5) is 13.2 Å². The Morgan fingerprint density at radius 1 is 0.727 bits per heavy atom. The van der Waals surface area contributed by atoms with Crippen molar-refractivity contribution in [2.45, 2.75) is 120 Å². The maximum atomic E-state index is 15.5. The van der Waals surface area contributed by atoms with Gasteiger partial charge < -0.3 is 71.6 Å². The zero-order valence-corrected chi connectivity index (χ0v) is 43.2. The van der Waals surface area contributed by atoms with Gasteiger partial charge in [0.2, 0.25) is 0 Å². The molecule has 4 fully saturated rings. The second-order valence-electron chi connectivity index (χ2n) is 18.6. The highest BCUT2D eigenvalue weighted by Gasteiger charge is 2.48. The number of benzene rings is 1. The van der Waals surface area contributed by atoms with Crippen LogP contribution in [0.1, 0.15) is 67.2 Å². The quantitative estimate of drug-likeness (QED) is 0.0917. The number of aliphatic hydroxyl groups excluding tert-OH is 2. The summed E-state index contributed by atoms with van der Waals surface area (Å²) in [4.78, 5) is 68.5. The van der Waals surface area contributed by atoms with E-state index in [2.05, 4.69) is 44.9 Å². The Labute approximate surface area is 436 Å². The summed E-state index contributed by atoms with van der Waals surface area (Å²) < 4.78 is 89.8. The number of H-pyrrole nitrogens is 3. The van der Waals surface area contributed by atoms with Crippen molar-refractivity contribution in [1.29, 1.82) is 5.26 Å². The van der Waals surface area contributed by atoms with E-state index in [0.29, 0.717) is 35.2 Å². The second kappa shape index (κ2) is 24.1. The molecule has 0 bridgehead atoms. The average Bonchev–Trinajstić information content (AvgIpc) is 4.18. The van der Waals surface area contributed by atoms with Crippen LogP contribution in [0.3, 0.4) is 0 Å². The third kappa shape index (κ3) is 11.6. The summed E-state index contributed by atoms with van der Waals surface area (Å²) >= 11 is 0. The summed E-state index contributed by atoms with van der Waals surface area (Å²) in [6, 6.07) is 9.11. The average molecular weight is 1100 g/mol. The Morgan fingerprint density at radius 2 is 1.22 bits per heavy atom. The normalized spacial score (nSPS) is 28.7. The zero-order chi connectivity index (χ0) is 54.7. The van der Waals surface area contributed by atoms with Crippen LogP contribution in [-0.4, -0.2) is 170 Å².